The smallest absolute Gasteiger partial charge is 0.268 e. The van der Waals surface area contributed by atoms with E-state index in [0.29, 0.717) is 17.4 Å². The summed E-state index contributed by atoms with van der Waals surface area (Å²) in [7, 11) is 1.21. The number of likely N-dealkylation sites (N-methyl/N-ethyl adjacent to an activating group) is 1. The maximum Gasteiger partial charge on any atom is 0.268 e. The van der Waals surface area contributed by atoms with E-state index in [1.165, 1.54) is 141 Å². The van der Waals surface area contributed by atoms with Gasteiger partial charge in [0.2, 0.25) is 5.91 Å². The van der Waals surface area contributed by atoms with E-state index in [-0.39, 0.29) is 12.5 Å². The summed E-state index contributed by atoms with van der Waals surface area (Å²) in [5.74, 6) is -0.227. The molecular weight excluding hydrogens is 1070 g/mol. The second-order valence-electron chi connectivity index (χ2n) is 24.1. The van der Waals surface area contributed by atoms with Gasteiger partial charge in [-0.05, 0) is 116 Å². The lowest BCUT2D eigenvalue weighted by Gasteiger charge is -2.29. The molecule has 0 fully saturated rings. The van der Waals surface area contributed by atoms with Crippen LogP contribution in [0.1, 0.15) is 277 Å². The third-order valence-electron chi connectivity index (χ3n) is 14.8. The van der Waals surface area contributed by atoms with Crippen LogP contribution >= 0.6 is 7.82 Å². The molecule has 0 aliphatic heterocycles. The largest absolute Gasteiger partial charge is 0.756 e. The number of nitrogens with zero attached hydrogens (tertiary/aromatic N) is 1. The summed E-state index contributed by atoms with van der Waals surface area (Å²) >= 11 is 0. The summed E-state index contributed by atoms with van der Waals surface area (Å²) < 4.78 is 23.4. The van der Waals surface area contributed by atoms with Gasteiger partial charge in [-0.25, -0.2) is 0 Å². The zero-order chi connectivity index (χ0) is 61.9. The van der Waals surface area contributed by atoms with Crippen molar-refractivity contribution >= 4 is 13.7 Å². The predicted octanol–water partition coefficient (Wildman–Crippen LogP) is 21.7. The fraction of sp³-hybridized carbons (Fsp3) is 0.671. The van der Waals surface area contributed by atoms with Gasteiger partial charge in [0.25, 0.3) is 7.82 Å². The number of allylic oxidation sites excluding steroid dienone is 23. The number of rotatable bonds is 62. The van der Waals surface area contributed by atoms with Gasteiger partial charge in [-0.15, -0.1) is 0 Å². The lowest BCUT2D eigenvalue weighted by atomic mass is 10.0. The number of aliphatic hydroxyl groups excluding tert-OH is 1. The molecule has 1 amide bonds. The van der Waals surface area contributed by atoms with E-state index in [1.54, 1.807) is 6.08 Å². The van der Waals surface area contributed by atoms with Crippen molar-refractivity contribution in [2.24, 2.45) is 0 Å². The van der Waals surface area contributed by atoms with Gasteiger partial charge in [-0.1, -0.05) is 301 Å². The molecule has 0 radical (unpaired) electrons. The monoisotopic (exact) mass is 1200 g/mol. The van der Waals surface area contributed by atoms with Crippen LogP contribution in [0.2, 0.25) is 0 Å². The van der Waals surface area contributed by atoms with Gasteiger partial charge in [-0.2, -0.15) is 0 Å². The van der Waals surface area contributed by atoms with Crippen LogP contribution in [0.25, 0.3) is 0 Å². The second-order valence-corrected chi connectivity index (χ2v) is 25.5. The summed E-state index contributed by atoms with van der Waals surface area (Å²) in [5.41, 5.74) is 0. The molecule has 0 bridgehead atoms. The van der Waals surface area contributed by atoms with E-state index in [2.05, 4.69) is 153 Å². The van der Waals surface area contributed by atoms with E-state index < -0.39 is 26.6 Å². The van der Waals surface area contributed by atoms with Crippen molar-refractivity contribution in [3.05, 3.63) is 146 Å². The standard InChI is InChI=1S/C76H131N2O6P/c1-6-8-10-12-14-16-18-20-22-24-26-28-30-32-34-36-37-38-39-40-41-42-44-46-48-50-52-54-56-58-60-62-64-66-68-70-76(80)77-74(73-84-85(81,82)83-72-71-78(3,4)5)75(79)69-67-65-63-61-59-57-55-53-51-49-47-45-43-35-33-31-29-27-25-23-21-19-17-15-13-11-9-7-2/h8,10,14,16,20,22,26,28,32,34,37-38,40-41,44,46,50-53,59,61,67,69,74-75,79H,6-7,9,11-13,15,17-19,21,23-25,27,29-31,33,35-36,39,42-43,45,47-49,54-58,60,62-66,68,70-73H2,1-5H3,(H-,77,80,81,82)/b10-8-,16-14-,22-20-,28-26-,34-32-,38-37-,41-40-,46-44-,52-50-,53-51+,61-59+,69-67+. The molecule has 0 heterocycles. The van der Waals surface area contributed by atoms with Crippen LogP contribution in [0.4, 0.5) is 0 Å². The number of phosphoric acid groups is 1. The molecular formula is C76H131N2O6P. The highest BCUT2D eigenvalue weighted by Gasteiger charge is 2.23. The number of carbonyl (C=O) groups excluding carboxylic acids is 1. The summed E-state index contributed by atoms with van der Waals surface area (Å²) in [6.45, 7) is 4.50. The Kier molecular flexibility index (Phi) is 62.1. The third kappa shape index (κ3) is 67.7. The normalized spacial score (nSPS) is 14.6. The number of amides is 1. The van der Waals surface area contributed by atoms with Gasteiger partial charge in [-0.3, -0.25) is 9.36 Å². The molecule has 0 spiro atoms. The minimum Gasteiger partial charge on any atom is -0.756 e. The van der Waals surface area contributed by atoms with Crippen molar-refractivity contribution in [1.82, 2.24) is 5.32 Å². The minimum atomic E-state index is -4.63. The Bertz CT molecular complexity index is 1900. The minimum absolute atomic E-state index is 0.0190. The van der Waals surface area contributed by atoms with Crippen LogP contribution in [0.5, 0.6) is 0 Å². The Hall–Kier alpha value is -3.62. The van der Waals surface area contributed by atoms with Crippen LogP contribution in [-0.2, 0) is 18.4 Å². The van der Waals surface area contributed by atoms with Crippen molar-refractivity contribution in [2.75, 3.05) is 40.9 Å². The van der Waals surface area contributed by atoms with Crippen molar-refractivity contribution in [3.63, 3.8) is 0 Å². The Morgan fingerprint density at radius 3 is 1.09 bits per heavy atom. The zero-order valence-corrected chi connectivity index (χ0v) is 56.4. The van der Waals surface area contributed by atoms with Crippen molar-refractivity contribution in [2.45, 2.75) is 289 Å². The number of hydrogen-bond acceptors (Lipinski definition) is 6. The number of carbonyl (C=O) groups is 1. The van der Waals surface area contributed by atoms with Crippen LogP contribution in [0.3, 0.4) is 0 Å². The highest BCUT2D eigenvalue weighted by Crippen LogP contribution is 2.38. The molecule has 85 heavy (non-hydrogen) atoms. The number of phosphoric ester groups is 1. The molecule has 3 unspecified atom stereocenters. The molecule has 486 valence electrons. The molecule has 2 N–H and O–H groups in total. The van der Waals surface area contributed by atoms with Gasteiger partial charge >= 0.3 is 0 Å². The molecule has 0 saturated heterocycles. The van der Waals surface area contributed by atoms with E-state index in [4.69, 9.17) is 9.05 Å². The Morgan fingerprint density at radius 1 is 0.424 bits per heavy atom. The molecule has 3 atom stereocenters. The number of quaternary nitrogens is 1. The second kappa shape index (κ2) is 64.8. The van der Waals surface area contributed by atoms with Crippen molar-refractivity contribution < 1.29 is 32.9 Å². The Balaban J connectivity index is 4.24. The zero-order valence-electron chi connectivity index (χ0n) is 55.5. The molecule has 0 aliphatic rings. The fourth-order valence-electron chi connectivity index (χ4n) is 9.41. The van der Waals surface area contributed by atoms with Gasteiger partial charge in [0.1, 0.15) is 13.2 Å². The topological polar surface area (TPSA) is 108 Å². The molecule has 0 aromatic heterocycles. The molecule has 9 heteroatoms. The van der Waals surface area contributed by atoms with Crippen molar-refractivity contribution in [3.8, 4) is 0 Å². The number of nitrogens with one attached hydrogen (secondary N) is 1. The maximum absolute atomic E-state index is 13.0. The average Bonchev–Trinajstić information content (AvgIpc) is 3.48. The van der Waals surface area contributed by atoms with E-state index in [1.807, 2.05) is 27.2 Å². The molecule has 0 aliphatic carbocycles. The van der Waals surface area contributed by atoms with Gasteiger partial charge in [0, 0.05) is 6.42 Å². The molecule has 0 aromatic rings. The van der Waals surface area contributed by atoms with E-state index in [9.17, 15) is 19.4 Å². The van der Waals surface area contributed by atoms with Gasteiger partial charge in [0.05, 0.1) is 39.9 Å². The summed E-state index contributed by atoms with van der Waals surface area (Å²) in [6, 6.07) is -0.929. The maximum atomic E-state index is 13.0. The highest BCUT2D eigenvalue weighted by molar-refractivity contribution is 7.45. The molecule has 8 nitrogen and oxygen atoms in total. The highest BCUT2D eigenvalue weighted by atomic mass is 31.2. The van der Waals surface area contributed by atoms with Gasteiger partial charge < -0.3 is 28.8 Å². The summed E-state index contributed by atoms with van der Waals surface area (Å²) in [6.07, 6.45) is 99.6. The number of hydrogen-bond donors (Lipinski definition) is 2. The lowest BCUT2D eigenvalue weighted by Crippen LogP contribution is -2.45. The number of aliphatic hydroxyl groups is 1. The Morgan fingerprint density at radius 2 is 0.729 bits per heavy atom. The van der Waals surface area contributed by atoms with Crippen LogP contribution in [0, 0.1) is 0 Å². The number of unbranched alkanes of at least 4 members (excludes halogenated alkanes) is 27. The van der Waals surface area contributed by atoms with Crippen molar-refractivity contribution in [1.29, 1.82) is 0 Å². The average molecular weight is 1200 g/mol. The first kappa shape index (κ1) is 81.4. The van der Waals surface area contributed by atoms with E-state index >= 15 is 0 Å². The fourth-order valence-corrected chi connectivity index (χ4v) is 10.1. The molecule has 0 aromatic carbocycles. The first-order valence-corrected chi connectivity index (χ1v) is 36.2. The van der Waals surface area contributed by atoms with E-state index in [0.717, 1.165) is 116 Å². The van der Waals surface area contributed by atoms with Gasteiger partial charge in [0.15, 0.2) is 0 Å². The molecule has 0 rings (SSSR count). The Labute approximate surface area is 525 Å². The van der Waals surface area contributed by atoms with Crippen LogP contribution in [0.15, 0.2) is 146 Å². The summed E-state index contributed by atoms with van der Waals surface area (Å²) in [4.78, 5) is 25.6. The lowest BCUT2D eigenvalue weighted by molar-refractivity contribution is -0.870. The van der Waals surface area contributed by atoms with Crippen LogP contribution < -0.4 is 10.2 Å². The molecule has 0 saturated carbocycles. The quantitative estimate of drug-likeness (QED) is 0.0272. The summed E-state index contributed by atoms with van der Waals surface area (Å²) in [5, 5.41) is 13.9. The van der Waals surface area contributed by atoms with Crippen LogP contribution in [-0.4, -0.2) is 68.5 Å². The first-order valence-electron chi connectivity index (χ1n) is 34.7. The third-order valence-corrected chi connectivity index (χ3v) is 15.7. The first-order chi connectivity index (χ1) is 41.5. The SMILES string of the molecule is CC/C=C\C/C=C\C/C=C\C/C=C\C/C=C\C/C=C\C/C=C\C/C=C\C/C=C\CCCCCCCCCC(=O)NC(COP(=O)([O-])OCC[N+](C)(C)C)C(O)/C=C/CC/C=C/CC/C=C/CCCCCCCCCCCCCCCCCCCC. The predicted molar refractivity (Wildman–Crippen MR) is 371 cm³/mol.